The Labute approximate surface area is 158 Å². The average Bonchev–Trinajstić information content (AvgIpc) is 3.12. The van der Waals surface area contributed by atoms with Crippen LogP contribution in [-0.2, 0) is 11.3 Å². The van der Waals surface area contributed by atoms with Gasteiger partial charge in [-0.25, -0.2) is 4.68 Å². The third-order valence-corrected chi connectivity index (χ3v) is 4.49. The van der Waals surface area contributed by atoms with Gasteiger partial charge in [0.1, 0.15) is 0 Å². The minimum atomic E-state index is -0.286. The van der Waals surface area contributed by atoms with Gasteiger partial charge in [0.2, 0.25) is 5.91 Å². The van der Waals surface area contributed by atoms with E-state index in [0.29, 0.717) is 11.6 Å². The fourth-order valence-electron chi connectivity index (χ4n) is 2.57. The third-order valence-electron chi connectivity index (χ3n) is 4.24. The van der Waals surface area contributed by atoms with Crippen molar-refractivity contribution in [2.45, 2.75) is 19.5 Å². The maximum atomic E-state index is 12.4. The van der Waals surface area contributed by atoms with Crippen LogP contribution in [0.25, 0.3) is 5.69 Å². The Morgan fingerprint density at radius 1 is 1.19 bits per heavy atom. The number of aromatic nitrogens is 2. The Bertz CT molecular complexity index is 861. The molecule has 1 aromatic heterocycles. The summed E-state index contributed by atoms with van der Waals surface area (Å²) in [5.41, 5.74) is 2.79. The van der Waals surface area contributed by atoms with Crippen LogP contribution in [0.1, 0.15) is 12.5 Å². The number of likely N-dealkylation sites (N-methyl/N-ethyl adjacent to an activating group) is 1. The van der Waals surface area contributed by atoms with Gasteiger partial charge in [-0.2, -0.15) is 5.10 Å². The lowest BCUT2D eigenvalue weighted by molar-refractivity contribution is -0.120. The fraction of sp³-hybridized carbons (Fsp3) is 0.200. The van der Waals surface area contributed by atoms with Crippen LogP contribution in [-0.4, -0.2) is 33.7 Å². The number of carbonyl (C=O) groups excluding carboxylic acids is 1. The molecule has 1 heterocycles. The summed E-state index contributed by atoms with van der Waals surface area (Å²) in [7, 11) is 1.92. The van der Waals surface area contributed by atoms with Crippen LogP contribution >= 0.6 is 11.6 Å². The van der Waals surface area contributed by atoms with Crippen LogP contribution in [0.3, 0.4) is 0 Å². The summed E-state index contributed by atoms with van der Waals surface area (Å²) in [4.78, 5) is 14.4. The van der Waals surface area contributed by atoms with E-state index in [-0.39, 0.29) is 11.9 Å². The summed E-state index contributed by atoms with van der Waals surface area (Å²) in [6.45, 7) is 2.51. The molecule has 1 N–H and O–H groups in total. The summed E-state index contributed by atoms with van der Waals surface area (Å²) in [6.07, 6.45) is 3.81. The normalized spacial score (nSPS) is 12.2. The molecule has 0 saturated heterocycles. The molecule has 0 aliphatic rings. The second-order valence-corrected chi connectivity index (χ2v) is 6.65. The van der Waals surface area contributed by atoms with Gasteiger partial charge < -0.3 is 5.32 Å². The van der Waals surface area contributed by atoms with Crippen molar-refractivity contribution >= 4 is 23.2 Å². The largest absolute Gasteiger partial charge is 0.325 e. The molecule has 0 aliphatic heterocycles. The lowest BCUT2D eigenvalue weighted by Gasteiger charge is -2.23. The van der Waals surface area contributed by atoms with Crippen molar-refractivity contribution in [3.8, 4) is 5.69 Å². The van der Waals surface area contributed by atoms with Gasteiger partial charge in [-0.15, -0.1) is 0 Å². The second kappa shape index (κ2) is 8.17. The first-order valence-corrected chi connectivity index (χ1v) is 8.76. The average molecular weight is 369 g/mol. The van der Waals surface area contributed by atoms with E-state index in [4.69, 9.17) is 11.6 Å². The molecule has 0 fully saturated rings. The van der Waals surface area contributed by atoms with Crippen molar-refractivity contribution in [2.24, 2.45) is 0 Å². The van der Waals surface area contributed by atoms with Gasteiger partial charge in [-0.05, 0) is 50.4 Å². The van der Waals surface area contributed by atoms with Crippen molar-refractivity contribution in [1.82, 2.24) is 14.7 Å². The van der Waals surface area contributed by atoms with Crippen molar-refractivity contribution < 1.29 is 4.79 Å². The number of hydrogen-bond donors (Lipinski definition) is 1. The van der Waals surface area contributed by atoms with Gasteiger partial charge in [0.05, 0.1) is 17.9 Å². The molecule has 134 valence electrons. The molecule has 0 saturated carbocycles. The van der Waals surface area contributed by atoms with E-state index in [0.717, 1.165) is 16.9 Å². The van der Waals surface area contributed by atoms with Crippen LogP contribution in [0.5, 0.6) is 0 Å². The van der Waals surface area contributed by atoms with Crippen molar-refractivity contribution in [1.29, 1.82) is 0 Å². The zero-order chi connectivity index (χ0) is 18.5. The summed E-state index contributed by atoms with van der Waals surface area (Å²) >= 11 is 5.87. The summed E-state index contributed by atoms with van der Waals surface area (Å²) in [6, 6.07) is 16.7. The van der Waals surface area contributed by atoms with Gasteiger partial charge in [-0.1, -0.05) is 29.8 Å². The molecule has 0 bridgehead atoms. The SMILES string of the molecule is CC(C(=O)Nc1ccc(Cl)cc1)N(C)Cc1cnn(-c2ccccc2)c1. The molecule has 6 heteroatoms. The van der Waals surface area contributed by atoms with E-state index in [1.165, 1.54) is 0 Å². The van der Waals surface area contributed by atoms with Gasteiger partial charge in [0.25, 0.3) is 0 Å². The number of halogens is 1. The van der Waals surface area contributed by atoms with Crippen LogP contribution in [0.2, 0.25) is 5.02 Å². The Kier molecular flexibility index (Phi) is 5.71. The topological polar surface area (TPSA) is 50.2 Å². The zero-order valence-corrected chi connectivity index (χ0v) is 15.5. The first-order chi connectivity index (χ1) is 12.5. The number of rotatable bonds is 6. The predicted molar refractivity (Wildman–Crippen MR) is 105 cm³/mol. The molecule has 3 aromatic rings. The number of nitrogens with one attached hydrogen (secondary N) is 1. The fourth-order valence-corrected chi connectivity index (χ4v) is 2.69. The van der Waals surface area contributed by atoms with Crippen molar-refractivity contribution in [3.63, 3.8) is 0 Å². The Morgan fingerprint density at radius 2 is 1.88 bits per heavy atom. The number of amides is 1. The molecular weight excluding hydrogens is 348 g/mol. The van der Waals surface area contributed by atoms with E-state index in [2.05, 4.69) is 10.4 Å². The maximum Gasteiger partial charge on any atom is 0.241 e. The van der Waals surface area contributed by atoms with Gasteiger partial charge >= 0.3 is 0 Å². The van der Waals surface area contributed by atoms with E-state index in [1.807, 2.05) is 66.3 Å². The number of carbonyl (C=O) groups is 1. The summed E-state index contributed by atoms with van der Waals surface area (Å²) in [5.74, 6) is -0.0646. The summed E-state index contributed by atoms with van der Waals surface area (Å²) < 4.78 is 1.83. The molecule has 1 unspecified atom stereocenters. The van der Waals surface area contributed by atoms with Crippen molar-refractivity contribution in [3.05, 3.63) is 77.6 Å². The minimum Gasteiger partial charge on any atom is -0.325 e. The molecule has 5 nitrogen and oxygen atoms in total. The molecule has 2 aromatic carbocycles. The highest BCUT2D eigenvalue weighted by Crippen LogP contribution is 2.15. The molecule has 26 heavy (non-hydrogen) atoms. The van der Waals surface area contributed by atoms with E-state index < -0.39 is 0 Å². The molecule has 3 rings (SSSR count). The standard InChI is InChI=1S/C20H21ClN4O/c1-15(20(26)23-18-10-8-17(21)9-11-18)24(2)13-16-12-22-25(14-16)19-6-4-3-5-7-19/h3-12,14-15H,13H2,1-2H3,(H,23,26). The number of hydrogen-bond acceptors (Lipinski definition) is 3. The maximum absolute atomic E-state index is 12.4. The molecule has 0 aliphatic carbocycles. The summed E-state index contributed by atoms with van der Waals surface area (Å²) in [5, 5.41) is 7.95. The molecule has 0 radical (unpaired) electrons. The molecule has 1 amide bonds. The first-order valence-electron chi connectivity index (χ1n) is 8.38. The number of anilines is 1. The number of para-hydroxylation sites is 1. The van der Waals surface area contributed by atoms with Crippen molar-refractivity contribution in [2.75, 3.05) is 12.4 Å². The monoisotopic (exact) mass is 368 g/mol. The van der Waals surface area contributed by atoms with Crippen LogP contribution in [0.15, 0.2) is 67.0 Å². The van der Waals surface area contributed by atoms with Gasteiger partial charge in [0, 0.05) is 29.0 Å². The van der Waals surface area contributed by atoms with E-state index >= 15 is 0 Å². The number of nitrogens with zero attached hydrogens (tertiary/aromatic N) is 3. The molecular formula is C20H21ClN4O. The Hall–Kier alpha value is -2.63. The van der Waals surface area contributed by atoms with E-state index in [1.54, 1.807) is 24.3 Å². The van der Waals surface area contributed by atoms with Crippen LogP contribution in [0, 0.1) is 0 Å². The third kappa shape index (κ3) is 4.50. The molecule has 1 atom stereocenters. The lowest BCUT2D eigenvalue weighted by atomic mass is 10.2. The second-order valence-electron chi connectivity index (χ2n) is 6.22. The highest BCUT2D eigenvalue weighted by Gasteiger charge is 2.19. The number of benzene rings is 2. The molecule has 0 spiro atoms. The highest BCUT2D eigenvalue weighted by molar-refractivity contribution is 6.30. The van der Waals surface area contributed by atoms with E-state index in [9.17, 15) is 4.79 Å². The first kappa shape index (κ1) is 18.2. The highest BCUT2D eigenvalue weighted by atomic mass is 35.5. The minimum absolute atomic E-state index is 0.0646. The lowest BCUT2D eigenvalue weighted by Crippen LogP contribution is -2.39. The Balaban J connectivity index is 1.60. The van der Waals surface area contributed by atoms with Crippen LogP contribution in [0.4, 0.5) is 5.69 Å². The smallest absolute Gasteiger partial charge is 0.241 e. The quantitative estimate of drug-likeness (QED) is 0.715. The van der Waals surface area contributed by atoms with Gasteiger partial charge in [0.15, 0.2) is 0 Å². The predicted octanol–water partition coefficient (Wildman–Crippen LogP) is 3.98. The van der Waals surface area contributed by atoms with Crippen LogP contribution < -0.4 is 5.32 Å². The zero-order valence-electron chi connectivity index (χ0n) is 14.8. The Morgan fingerprint density at radius 3 is 2.58 bits per heavy atom. The van der Waals surface area contributed by atoms with Gasteiger partial charge in [-0.3, -0.25) is 9.69 Å².